The predicted octanol–water partition coefficient (Wildman–Crippen LogP) is 6.00. The minimum absolute atomic E-state index is 0.0183. The molecule has 8 atom stereocenters. The molecule has 0 spiro atoms. The number of carbonyl (C=O) groups excluding carboxylic acids is 3. The molecule has 2 aliphatic carbocycles. The van der Waals surface area contributed by atoms with E-state index in [2.05, 4.69) is 0 Å². The SMILES string of the molecule is COc1cc([C@@H]2c3cc4c(cc3[C@H](OC(=O)O[C@H]3c5cc6c(cc5[C@@H](c5cc(OC)c(OC)c(OC)c5)[C@@H]5C(=O)OC[C@@H]53)OCO6)[C@H]3COC(=O)[C@@H]23)OCO4)cc(OC)c1OC. The first-order valence-electron chi connectivity index (χ1n) is 19.9. The predicted molar refractivity (Wildman–Crippen MR) is 210 cm³/mol. The molecular formula is C45H42O17. The Balaban J connectivity index is 1.05. The Morgan fingerprint density at radius 2 is 0.806 bits per heavy atom. The molecule has 0 saturated carbocycles. The molecule has 324 valence electrons. The molecule has 17 nitrogen and oxygen atoms in total. The molecule has 62 heavy (non-hydrogen) atoms. The van der Waals surface area contributed by atoms with Gasteiger partial charge in [0.25, 0.3) is 0 Å². The number of hydrogen-bond acceptors (Lipinski definition) is 17. The van der Waals surface area contributed by atoms with Crippen LogP contribution in [0.1, 0.15) is 57.4 Å². The summed E-state index contributed by atoms with van der Waals surface area (Å²) in [7, 11) is 9.07. The van der Waals surface area contributed by atoms with Crippen molar-refractivity contribution in [3.8, 4) is 57.5 Å². The molecular weight excluding hydrogens is 812 g/mol. The van der Waals surface area contributed by atoms with Crippen molar-refractivity contribution >= 4 is 18.1 Å². The maximum Gasteiger partial charge on any atom is 0.509 e. The molecule has 4 aromatic rings. The number of ether oxygens (including phenoxy) is 14. The van der Waals surface area contributed by atoms with Crippen LogP contribution in [-0.2, 0) is 28.5 Å². The van der Waals surface area contributed by atoms with E-state index in [1.54, 1.807) is 48.5 Å². The van der Waals surface area contributed by atoms with Gasteiger partial charge in [-0.3, -0.25) is 9.59 Å². The number of methoxy groups -OCH3 is 6. The van der Waals surface area contributed by atoms with Crippen molar-refractivity contribution in [2.75, 3.05) is 69.5 Å². The average Bonchev–Trinajstić information content (AvgIpc) is 4.11. The van der Waals surface area contributed by atoms with Crippen LogP contribution in [0.4, 0.5) is 4.79 Å². The summed E-state index contributed by atoms with van der Waals surface area (Å²) < 4.78 is 81.3. The van der Waals surface area contributed by atoms with E-state index in [4.69, 9.17) is 66.3 Å². The quantitative estimate of drug-likeness (QED) is 0.134. The standard InChI is InChI=1S/C45H42O17/c1-49-31-7-19(8-32(50-2)41(31)53-5)35-21-11-27-29(59-17-57-27)13-23(21)39(25-15-55-43(46)37(25)35)61-45(48)62-40-24-14-30-28(58-18-60-30)12-22(24)36(38-26(40)16-56-44(38)47)20-9-33(51-3)42(54-6)34(10-20)52-4/h7-14,25-26,35-40H,15-18H2,1-6H3/t25-,26-,35+,36+,37+,38+,39-,40-/m0/s1. The molecule has 17 heteroatoms. The molecule has 0 amide bonds. The lowest BCUT2D eigenvalue weighted by atomic mass is 9.66. The van der Waals surface area contributed by atoms with Crippen LogP contribution in [0.5, 0.6) is 57.5 Å². The van der Waals surface area contributed by atoms with Crippen LogP contribution in [0, 0.1) is 23.7 Å². The Kier molecular flexibility index (Phi) is 9.63. The smallest absolute Gasteiger partial charge is 0.493 e. The lowest BCUT2D eigenvalue weighted by Crippen LogP contribution is -2.38. The highest BCUT2D eigenvalue weighted by molar-refractivity contribution is 5.80. The third-order valence-electron chi connectivity index (χ3n) is 12.8. The maximum absolute atomic E-state index is 14.5. The normalized spacial score (nSPS) is 25.6. The number of cyclic esters (lactones) is 2. The molecule has 4 heterocycles. The summed E-state index contributed by atoms with van der Waals surface area (Å²) in [5, 5.41) is 0. The Bertz CT molecular complexity index is 2280. The zero-order valence-corrected chi connectivity index (χ0v) is 34.5. The van der Waals surface area contributed by atoms with E-state index < -0.39 is 65.8 Å². The molecule has 10 rings (SSSR count). The van der Waals surface area contributed by atoms with E-state index in [1.807, 2.05) is 0 Å². The van der Waals surface area contributed by atoms with E-state index in [0.29, 0.717) is 90.9 Å². The average molecular weight is 855 g/mol. The van der Waals surface area contributed by atoms with Crippen LogP contribution in [-0.4, -0.2) is 87.6 Å². The van der Waals surface area contributed by atoms with Gasteiger partial charge in [-0.2, -0.15) is 0 Å². The molecule has 0 bridgehead atoms. The van der Waals surface area contributed by atoms with Crippen molar-refractivity contribution < 1.29 is 80.7 Å². The largest absolute Gasteiger partial charge is 0.509 e. The Labute approximate surface area is 354 Å². The van der Waals surface area contributed by atoms with E-state index in [-0.39, 0.29) is 26.8 Å². The number of carbonyl (C=O) groups is 3. The Hall–Kier alpha value is -6.91. The summed E-state index contributed by atoms with van der Waals surface area (Å²) in [6.07, 6.45) is -3.11. The second kappa shape index (κ2) is 15.2. The summed E-state index contributed by atoms with van der Waals surface area (Å²) in [5.41, 5.74) is 3.75. The van der Waals surface area contributed by atoms with Gasteiger partial charge >= 0.3 is 18.1 Å². The zero-order valence-electron chi connectivity index (χ0n) is 34.5. The third-order valence-corrected chi connectivity index (χ3v) is 12.8. The van der Waals surface area contributed by atoms with Crippen molar-refractivity contribution in [3.05, 3.63) is 81.9 Å². The fraction of sp³-hybridized carbons (Fsp3) is 0.400. The lowest BCUT2D eigenvalue weighted by Gasteiger charge is -2.40. The van der Waals surface area contributed by atoms with Gasteiger partial charge in [0.1, 0.15) is 12.2 Å². The highest BCUT2D eigenvalue weighted by Crippen LogP contribution is 2.59. The van der Waals surface area contributed by atoms with Gasteiger partial charge in [0.2, 0.25) is 25.1 Å². The summed E-state index contributed by atoms with van der Waals surface area (Å²) in [6, 6.07) is 14.3. The third kappa shape index (κ3) is 5.99. The second-order valence-corrected chi connectivity index (χ2v) is 15.5. The summed E-state index contributed by atoms with van der Waals surface area (Å²) in [6.45, 7) is -0.129. The number of hydrogen-bond donors (Lipinski definition) is 0. The molecule has 0 unspecified atom stereocenters. The molecule has 4 aliphatic heterocycles. The Morgan fingerprint density at radius 1 is 0.468 bits per heavy atom. The molecule has 6 aliphatic rings. The van der Waals surface area contributed by atoms with Crippen LogP contribution in [0.2, 0.25) is 0 Å². The second-order valence-electron chi connectivity index (χ2n) is 15.5. The van der Waals surface area contributed by atoms with Crippen molar-refractivity contribution in [1.82, 2.24) is 0 Å². The van der Waals surface area contributed by atoms with Gasteiger partial charge in [0.15, 0.2) is 46.0 Å². The molecule has 0 radical (unpaired) electrons. The topological polar surface area (TPSA) is 180 Å². The van der Waals surface area contributed by atoms with Crippen LogP contribution in [0.15, 0.2) is 48.5 Å². The lowest BCUT2D eigenvalue weighted by molar-refractivity contribution is -0.142. The summed E-state index contributed by atoms with van der Waals surface area (Å²) >= 11 is 0. The fourth-order valence-electron chi connectivity index (χ4n) is 10.1. The van der Waals surface area contributed by atoms with Crippen molar-refractivity contribution in [2.24, 2.45) is 23.7 Å². The van der Waals surface area contributed by atoms with E-state index in [9.17, 15) is 14.4 Å². The van der Waals surface area contributed by atoms with Gasteiger partial charge in [-0.1, -0.05) is 0 Å². The fourth-order valence-corrected chi connectivity index (χ4v) is 10.1. The van der Waals surface area contributed by atoms with Gasteiger partial charge in [-0.15, -0.1) is 0 Å². The van der Waals surface area contributed by atoms with Crippen molar-refractivity contribution in [2.45, 2.75) is 24.0 Å². The van der Waals surface area contributed by atoms with Crippen LogP contribution in [0.3, 0.4) is 0 Å². The molecule has 2 fully saturated rings. The van der Waals surface area contributed by atoms with Crippen LogP contribution in [0.25, 0.3) is 0 Å². The zero-order chi connectivity index (χ0) is 43.0. The van der Waals surface area contributed by atoms with Crippen molar-refractivity contribution in [3.63, 3.8) is 0 Å². The monoisotopic (exact) mass is 854 g/mol. The first-order valence-corrected chi connectivity index (χ1v) is 19.9. The minimum atomic E-state index is -1.04. The van der Waals surface area contributed by atoms with Gasteiger partial charge in [-0.25, -0.2) is 4.79 Å². The highest BCUT2D eigenvalue weighted by atomic mass is 16.7. The van der Waals surface area contributed by atoms with Gasteiger partial charge in [-0.05, 0) is 70.8 Å². The van der Waals surface area contributed by atoms with Gasteiger partial charge in [0.05, 0.1) is 67.7 Å². The molecule has 2 saturated heterocycles. The molecule has 4 aromatic carbocycles. The van der Waals surface area contributed by atoms with Crippen LogP contribution >= 0.6 is 0 Å². The van der Waals surface area contributed by atoms with Crippen molar-refractivity contribution in [1.29, 1.82) is 0 Å². The number of benzene rings is 4. The first kappa shape index (κ1) is 39.2. The van der Waals surface area contributed by atoms with Gasteiger partial charge in [0, 0.05) is 34.8 Å². The summed E-state index contributed by atoms with van der Waals surface area (Å²) in [5.74, 6) is -0.986. The van der Waals surface area contributed by atoms with E-state index >= 15 is 0 Å². The number of esters is 2. The van der Waals surface area contributed by atoms with E-state index in [1.165, 1.54) is 42.7 Å². The van der Waals surface area contributed by atoms with Gasteiger partial charge < -0.3 is 66.3 Å². The molecule has 0 N–H and O–H groups in total. The van der Waals surface area contributed by atoms with E-state index in [0.717, 1.165) is 0 Å². The summed E-state index contributed by atoms with van der Waals surface area (Å²) in [4.78, 5) is 42.2. The highest BCUT2D eigenvalue weighted by Gasteiger charge is 2.57. The molecule has 0 aromatic heterocycles. The maximum atomic E-state index is 14.5. The Morgan fingerprint density at radius 3 is 1.13 bits per heavy atom. The minimum Gasteiger partial charge on any atom is -0.493 e. The van der Waals surface area contributed by atoms with Crippen LogP contribution < -0.4 is 47.4 Å². The number of fused-ring (bicyclic) bond motifs is 6. The first-order chi connectivity index (χ1) is 30.2. The number of rotatable bonds is 10.